The summed E-state index contributed by atoms with van der Waals surface area (Å²) in [5.41, 5.74) is 0.605. The number of hydrogen-bond donors (Lipinski definition) is 0. The maximum atomic E-state index is 12.7. The summed E-state index contributed by atoms with van der Waals surface area (Å²) in [7, 11) is 0. The Morgan fingerprint density at radius 1 is 1.04 bits per heavy atom. The third-order valence-corrected chi connectivity index (χ3v) is 4.05. The fraction of sp³-hybridized carbons (Fsp3) is 0.667. The van der Waals surface area contributed by atoms with Crippen molar-refractivity contribution in [2.24, 2.45) is 0 Å². The first kappa shape index (κ1) is 19.3. The van der Waals surface area contributed by atoms with E-state index in [9.17, 15) is 9.59 Å². The van der Waals surface area contributed by atoms with E-state index in [1.165, 1.54) is 0 Å². The summed E-state index contributed by atoms with van der Waals surface area (Å²) in [5, 5.41) is 0. The van der Waals surface area contributed by atoms with Crippen LogP contribution in [0.4, 0.5) is 0 Å². The molecule has 5 nitrogen and oxygen atoms in total. The highest BCUT2D eigenvalue weighted by Crippen LogP contribution is 2.17. The molecule has 5 heteroatoms. The summed E-state index contributed by atoms with van der Waals surface area (Å²) in [6.07, 6.45) is 2.31. The van der Waals surface area contributed by atoms with Gasteiger partial charge in [-0.3, -0.25) is 9.59 Å². The Kier molecular flexibility index (Phi) is 7.86. The van der Waals surface area contributed by atoms with E-state index >= 15 is 0 Å². The standard InChI is InChI=1S/C18H30N2O3/c1-6-9-11-20(12-10-17(21)19(7-2)8-3)18(22)16-13-14(4)23-15(16)5/h13H,6-12H2,1-5H3. The lowest BCUT2D eigenvalue weighted by Crippen LogP contribution is -2.37. The van der Waals surface area contributed by atoms with Crippen LogP contribution in [-0.2, 0) is 4.79 Å². The second kappa shape index (κ2) is 9.38. The van der Waals surface area contributed by atoms with Gasteiger partial charge in [0, 0.05) is 32.6 Å². The summed E-state index contributed by atoms with van der Waals surface area (Å²) in [6.45, 7) is 12.2. The van der Waals surface area contributed by atoms with Crippen LogP contribution in [0.1, 0.15) is 61.9 Å². The number of nitrogens with zero attached hydrogens (tertiary/aromatic N) is 2. The summed E-state index contributed by atoms with van der Waals surface area (Å²) in [4.78, 5) is 28.5. The smallest absolute Gasteiger partial charge is 0.257 e. The highest BCUT2D eigenvalue weighted by molar-refractivity contribution is 5.95. The van der Waals surface area contributed by atoms with E-state index in [1.807, 2.05) is 20.8 Å². The maximum Gasteiger partial charge on any atom is 0.257 e. The Bertz CT molecular complexity index is 518. The SMILES string of the molecule is CCCCN(CCC(=O)N(CC)CC)C(=O)c1cc(C)oc1C. The molecule has 1 heterocycles. The van der Waals surface area contributed by atoms with Crippen LogP contribution in [0.25, 0.3) is 0 Å². The molecule has 1 aromatic rings. The third-order valence-electron chi connectivity index (χ3n) is 4.05. The number of rotatable bonds is 9. The number of hydrogen-bond acceptors (Lipinski definition) is 3. The molecule has 2 amide bonds. The molecule has 0 spiro atoms. The molecule has 1 rings (SSSR count). The van der Waals surface area contributed by atoms with Crippen molar-refractivity contribution in [2.75, 3.05) is 26.2 Å². The van der Waals surface area contributed by atoms with Crippen LogP contribution in [0.3, 0.4) is 0 Å². The van der Waals surface area contributed by atoms with Gasteiger partial charge < -0.3 is 14.2 Å². The Labute approximate surface area is 139 Å². The summed E-state index contributed by atoms with van der Waals surface area (Å²) in [6, 6.07) is 1.78. The van der Waals surface area contributed by atoms with Gasteiger partial charge in [0.25, 0.3) is 5.91 Å². The van der Waals surface area contributed by atoms with Crippen LogP contribution in [0.2, 0.25) is 0 Å². The average Bonchev–Trinajstić information content (AvgIpc) is 2.86. The zero-order chi connectivity index (χ0) is 17.4. The van der Waals surface area contributed by atoms with Gasteiger partial charge in [-0.15, -0.1) is 0 Å². The number of aryl methyl sites for hydroxylation is 2. The lowest BCUT2D eigenvalue weighted by molar-refractivity contribution is -0.131. The topological polar surface area (TPSA) is 53.8 Å². The Hall–Kier alpha value is -1.78. The van der Waals surface area contributed by atoms with E-state index in [-0.39, 0.29) is 11.8 Å². The quantitative estimate of drug-likeness (QED) is 0.700. The van der Waals surface area contributed by atoms with Gasteiger partial charge in [0.05, 0.1) is 5.56 Å². The lowest BCUT2D eigenvalue weighted by atomic mass is 10.2. The van der Waals surface area contributed by atoms with E-state index in [4.69, 9.17) is 4.42 Å². The van der Waals surface area contributed by atoms with Gasteiger partial charge in [-0.2, -0.15) is 0 Å². The van der Waals surface area contributed by atoms with Crippen LogP contribution < -0.4 is 0 Å². The van der Waals surface area contributed by atoms with E-state index in [1.54, 1.807) is 22.8 Å². The minimum absolute atomic E-state index is 0.0415. The number of carbonyl (C=O) groups is 2. The molecule has 0 saturated heterocycles. The Morgan fingerprint density at radius 3 is 2.17 bits per heavy atom. The van der Waals surface area contributed by atoms with Crippen molar-refractivity contribution in [2.45, 2.75) is 53.9 Å². The van der Waals surface area contributed by atoms with Crippen molar-refractivity contribution < 1.29 is 14.0 Å². The second-order valence-electron chi connectivity index (χ2n) is 5.79. The fourth-order valence-electron chi connectivity index (χ4n) is 2.64. The molecule has 23 heavy (non-hydrogen) atoms. The van der Waals surface area contributed by atoms with Crippen molar-refractivity contribution in [1.29, 1.82) is 0 Å². The predicted molar refractivity (Wildman–Crippen MR) is 91.5 cm³/mol. The highest BCUT2D eigenvalue weighted by atomic mass is 16.3. The van der Waals surface area contributed by atoms with Gasteiger partial charge in [-0.05, 0) is 40.2 Å². The minimum Gasteiger partial charge on any atom is -0.466 e. The zero-order valence-electron chi connectivity index (χ0n) is 15.1. The van der Waals surface area contributed by atoms with Gasteiger partial charge in [-0.25, -0.2) is 0 Å². The molecule has 0 atom stereocenters. The Balaban J connectivity index is 2.77. The van der Waals surface area contributed by atoms with Gasteiger partial charge in [0.2, 0.25) is 5.91 Å². The number of furan rings is 1. The van der Waals surface area contributed by atoms with Crippen LogP contribution in [0, 0.1) is 13.8 Å². The van der Waals surface area contributed by atoms with Gasteiger partial charge in [0.1, 0.15) is 11.5 Å². The molecule has 0 unspecified atom stereocenters. The fourth-order valence-corrected chi connectivity index (χ4v) is 2.64. The molecule has 0 aromatic carbocycles. The normalized spacial score (nSPS) is 10.7. The minimum atomic E-state index is -0.0415. The first-order chi connectivity index (χ1) is 10.9. The van der Waals surface area contributed by atoms with E-state index in [2.05, 4.69) is 6.92 Å². The second-order valence-corrected chi connectivity index (χ2v) is 5.79. The maximum absolute atomic E-state index is 12.7. The lowest BCUT2D eigenvalue weighted by Gasteiger charge is -2.24. The highest BCUT2D eigenvalue weighted by Gasteiger charge is 2.21. The third kappa shape index (κ3) is 5.41. The molecule has 0 saturated carbocycles. The van der Waals surface area contributed by atoms with E-state index < -0.39 is 0 Å². The van der Waals surface area contributed by atoms with Crippen molar-refractivity contribution in [3.63, 3.8) is 0 Å². The van der Waals surface area contributed by atoms with Crippen LogP contribution >= 0.6 is 0 Å². The molecule has 0 aliphatic rings. The largest absolute Gasteiger partial charge is 0.466 e. The van der Waals surface area contributed by atoms with Crippen LogP contribution in [0.15, 0.2) is 10.5 Å². The van der Waals surface area contributed by atoms with Gasteiger partial charge in [0.15, 0.2) is 0 Å². The molecule has 0 N–H and O–H groups in total. The summed E-state index contributed by atoms with van der Waals surface area (Å²) in [5.74, 6) is 1.44. The monoisotopic (exact) mass is 322 g/mol. The molecular formula is C18H30N2O3. The molecule has 130 valence electrons. The number of unbranched alkanes of at least 4 members (excludes halogenated alkanes) is 1. The summed E-state index contributed by atoms with van der Waals surface area (Å²) >= 11 is 0. The van der Waals surface area contributed by atoms with Crippen LogP contribution in [-0.4, -0.2) is 47.8 Å². The molecule has 0 aliphatic heterocycles. The first-order valence-electron chi connectivity index (χ1n) is 8.58. The molecule has 1 aromatic heterocycles. The van der Waals surface area contributed by atoms with E-state index in [0.717, 1.165) is 18.6 Å². The molecular weight excluding hydrogens is 292 g/mol. The molecule has 0 radical (unpaired) electrons. The van der Waals surface area contributed by atoms with Crippen molar-refractivity contribution >= 4 is 11.8 Å². The summed E-state index contributed by atoms with van der Waals surface area (Å²) < 4.78 is 5.47. The average molecular weight is 322 g/mol. The number of amides is 2. The van der Waals surface area contributed by atoms with Crippen molar-refractivity contribution in [3.05, 3.63) is 23.2 Å². The molecule has 0 bridgehead atoms. The van der Waals surface area contributed by atoms with Gasteiger partial charge >= 0.3 is 0 Å². The predicted octanol–water partition coefficient (Wildman–Crippen LogP) is 3.40. The van der Waals surface area contributed by atoms with Crippen molar-refractivity contribution in [1.82, 2.24) is 9.80 Å². The molecule has 0 fully saturated rings. The molecule has 0 aliphatic carbocycles. The van der Waals surface area contributed by atoms with E-state index in [0.29, 0.717) is 43.9 Å². The van der Waals surface area contributed by atoms with Gasteiger partial charge in [-0.1, -0.05) is 13.3 Å². The first-order valence-corrected chi connectivity index (χ1v) is 8.58. The zero-order valence-corrected chi connectivity index (χ0v) is 15.1. The Morgan fingerprint density at radius 2 is 1.70 bits per heavy atom. The van der Waals surface area contributed by atoms with Crippen molar-refractivity contribution in [3.8, 4) is 0 Å². The van der Waals surface area contributed by atoms with Crippen LogP contribution in [0.5, 0.6) is 0 Å². The number of carbonyl (C=O) groups excluding carboxylic acids is 2.